The van der Waals surface area contributed by atoms with Crippen LogP contribution < -0.4 is 5.32 Å². The van der Waals surface area contributed by atoms with E-state index in [9.17, 15) is 0 Å². The van der Waals surface area contributed by atoms with Gasteiger partial charge in [0.05, 0.1) is 0 Å². The molecule has 1 N–H and O–H groups in total. The van der Waals surface area contributed by atoms with Crippen LogP contribution in [-0.4, -0.2) is 22.6 Å². The van der Waals surface area contributed by atoms with Crippen LogP contribution in [0.15, 0.2) is 18.2 Å². The minimum atomic E-state index is 0.609. The third kappa shape index (κ3) is 3.27. The summed E-state index contributed by atoms with van der Waals surface area (Å²) in [4.78, 5) is 2.38. The summed E-state index contributed by atoms with van der Waals surface area (Å²) in [6.07, 6.45) is 5.03. The van der Waals surface area contributed by atoms with Crippen LogP contribution in [-0.2, 0) is 0 Å². The first-order valence-electron chi connectivity index (χ1n) is 7.27. The molecule has 0 bridgehead atoms. The van der Waals surface area contributed by atoms with E-state index in [0.29, 0.717) is 6.04 Å². The molecule has 0 aromatic heterocycles. The van der Waals surface area contributed by atoms with E-state index < -0.39 is 0 Å². The number of likely N-dealkylation sites (tertiary alicyclic amines) is 1. The molecule has 1 aliphatic rings. The molecule has 0 amide bonds. The average Bonchev–Trinajstić information content (AvgIpc) is 2.42. The summed E-state index contributed by atoms with van der Waals surface area (Å²) in [7, 11) is 0. The first-order valence-corrected chi connectivity index (χ1v) is 7.68. The zero-order valence-electron chi connectivity index (χ0n) is 12.2. The van der Waals surface area contributed by atoms with E-state index in [1.807, 2.05) is 0 Å². The number of nitrogens with zero attached hydrogens (tertiary/aromatic N) is 1. The number of piperidine rings is 1. The Balaban J connectivity index is 2.12. The van der Waals surface area contributed by atoms with E-state index in [1.165, 1.54) is 42.5 Å². The smallest absolute Gasteiger partial charge is 0.173 e. The Morgan fingerprint density at radius 2 is 2.00 bits per heavy atom. The molecule has 2 rings (SSSR count). The lowest BCUT2D eigenvalue weighted by atomic mass is 10.0. The Morgan fingerprint density at radius 3 is 2.63 bits per heavy atom. The highest BCUT2D eigenvalue weighted by atomic mass is 32.1. The van der Waals surface area contributed by atoms with Gasteiger partial charge in [-0.05, 0) is 62.9 Å². The Kier molecular flexibility index (Phi) is 4.81. The van der Waals surface area contributed by atoms with Crippen LogP contribution >= 0.6 is 12.2 Å². The largest absolute Gasteiger partial charge is 0.346 e. The maximum absolute atomic E-state index is 5.63. The van der Waals surface area contributed by atoms with Crippen molar-refractivity contribution in [2.24, 2.45) is 0 Å². The van der Waals surface area contributed by atoms with E-state index in [-0.39, 0.29) is 0 Å². The quantitative estimate of drug-likeness (QED) is 0.812. The third-order valence-corrected chi connectivity index (χ3v) is 4.41. The minimum Gasteiger partial charge on any atom is -0.346 e. The molecule has 1 aliphatic heterocycles. The number of para-hydroxylation sites is 1. The van der Waals surface area contributed by atoms with Gasteiger partial charge in [-0.2, -0.15) is 0 Å². The molecule has 0 unspecified atom stereocenters. The van der Waals surface area contributed by atoms with Gasteiger partial charge < -0.3 is 10.2 Å². The fourth-order valence-electron chi connectivity index (χ4n) is 2.88. The van der Waals surface area contributed by atoms with Gasteiger partial charge in [0.1, 0.15) is 0 Å². The van der Waals surface area contributed by atoms with Crippen LogP contribution in [0.4, 0.5) is 5.69 Å². The van der Waals surface area contributed by atoms with E-state index in [1.54, 1.807) is 0 Å². The summed E-state index contributed by atoms with van der Waals surface area (Å²) < 4.78 is 0. The molecule has 1 aromatic carbocycles. The highest BCUT2D eigenvalue weighted by molar-refractivity contribution is 7.80. The van der Waals surface area contributed by atoms with Crippen molar-refractivity contribution in [2.75, 3.05) is 11.9 Å². The van der Waals surface area contributed by atoms with Crippen LogP contribution in [0.5, 0.6) is 0 Å². The van der Waals surface area contributed by atoms with E-state index in [4.69, 9.17) is 12.2 Å². The summed E-state index contributed by atoms with van der Waals surface area (Å²) in [5, 5.41) is 4.36. The summed E-state index contributed by atoms with van der Waals surface area (Å²) in [5.41, 5.74) is 3.69. The molecule has 19 heavy (non-hydrogen) atoms. The predicted octanol–water partition coefficient (Wildman–Crippen LogP) is 4.26. The zero-order chi connectivity index (χ0) is 13.8. The number of rotatable bonds is 2. The molecular formula is C16H24N2S. The number of anilines is 1. The fraction of sp³-hybridized carbons (Fsp3) is 0.562. The van der Waals surface area contributed by atoms with Crippen molar-refractivity contribution in [3.63, 3.8) is 0 Å². The molecule has 1 heterocycles. The Morgan fingerprint density at radius 1 is 1.32 bits per heavy atom. The number of hydrogen-bond acceptors (Lipinski definition) is 1. The molecule has 0 saturated carbocycles. The lowest BCUT2D eigenvalue weighted by molar-refractivity contribution is 0.239. The van der Waals surface area contributed by atoms with Crippen LogP contribution in [0.1, 0.15) is 43.7 Å². The maximum Gasteiger partial charge on any atom is 0.173 e. The van der Waals surface area contributed by atoms with Crippen LogP contribution in [0, 0.1) is 13.8 Å². The van der Waals surface area contributed by atoms with Crippen molar-refractivity contribution in [3.05, 3.63) is 29.3 Å². The fourth-order valence-corrected chi connectivity index (χ4v) is 3.23. The summed E-state index contributed by atoms with van der Waals surface area (Å²) in [6, 6.07) is 6.96. The van der Waals surface area contributed by atoms with E-state index in [0.717, 1.165) is 11.7 Å². The Labute approximate surface area is 122 Å². The maximum atomic E-state index is 5.63. The zero-order valence-corrected chi connectivity index (χ0v) is 13.0. The molecule has 0 radical (unpaired) electrons. The van der Waals surface area contributed by atoms with Gasteiger partial charge >= 0.3 is 0 Å². The number of aryl methyl sites for hydroxylation is 2. The van der Waals surface area contributed by atoms with Crippen LogP contribution in [0.25, 0.3) is 0 Å². The predicted molar refractivity (Wildman–Crippen MR) is 86.8 cm³/mol. The van der Waals surface area contributed by atoms with E-state index >= 15 is 0 Å². The topological polar surface area (TPSA) is 15.3 Å². The molecule has 1 aromatic rings. The number of hydrogen-bond donors (Lipinski definition) is 1. The van der Waals surface area contributed by atoms with Gasteiger partial charge in [-0.3, -0.25) is 0 Å². The minimum absolute atomic E-state index is 0.609. The second kappa shape index (κ2) is 6.38. The molecule has 3 heteroatoms. The first-order chi connectivity index (χ1) is 9.13. The summed E-state index contributed by atoms with van der Waals surface area (Å²) >= 11 is 5.63. The van der Waals surface area contributed by atoms with Gasteiger partial charge in [-0.25, -0.2) is 0 Å². The van der Waals surface area contributed by atoms with Gasteiger partial charge in [0.15, 0.2) is 5.11 Å². The van der Waals surface area contributed by atoms with Crippen LogP contribution in [0.2, 0.25) is 0 Å². The Bertz CT molecular complexity index is 436. The summed E-state index contributed by atoms with van der Waals surface area (Å²) in [6.45, 7) is 7.61. The molecule has 2 nitrogen and oxygen atoms in total. The van der Waals surface area contributed by atoms with Crippen molar-refractivity contribution in [3.8, 4) is 0 Å². The monoisotopic (exact) mass is 276 g/mol. The van der Waals surface area contributed by atoms with Crippen molar-refractivity contribution in [1.82, 2.24) is 4.90 Å². The van der Waals surface area contributed by atoms with Gasteiger partial charge in [0.2, 0.25) is 0 Å². The molecule has 0 spiro atoms. The molecular weight excluding hydrogens is 252 g/mol. The first kappa shape index (κ1) is 14.3. The van der Waals surface area contributed by atoms with Crippen molar-refractivity contribution in [1.29, 1.82) is 0 Å². The molecule has 104 valence electrons. The van der Waals surface area contributed by atoms with E-state index in [2.05, 4.69) is 49.2 Å². The molecule has 1 fully saturated rings. The van der Waals surface area contributed by atoms with Crippen molar-refractivity contribution >= 4 is 23.0 Å². The average molecular weight is 276 g/mol. The highest BCUT2D eigenvalue weighted by Crippen LogP contribution is 2.23. The van der Waals surface area contributed by atoms with Crippen molar-refractivity contribution < 1.29 is 0 Å². The standard InChI is InChI=1S/C16H24N2S/c1-4-14-10-5-6-11-18(14)16(19)17-15-12(2)8-7-9-13(15)3/h7-9,14H,4-6,10-11H2,1-3H3,(H,17,19)/t14-/m1/s1. The van der Waals surface area contributed by atoms with Gasteiger partial charge in [-0.15, -0.1) is 0 Å². The third-order valence-electron chi connectivity index (χ3n) is 4.07. The summed E-state index contributed by atoms with van der Waals surface area (Å²) in [5.74, 6) is 0. The normalized spacial score (nSPS) is 19.3. The van der Waals surface area contributed by atoms with Gasteiger partial charge in [0, 0.05) is 18.3 Å². The number of thiocarbonyl (C=S) groups is 1. The number of benzene rings is 1. The lowest BCUT2D eigenvalue weighted by Gasteiger charge is -2.37. The second-order valence-electron chi connectivity index (χ2n) is 5.45. The second-order valence-corrected chi connectivity index (χ2v) is 5.83. The van der Waals surface area contributed by atoms with Crippen LogP contribution in [0.3, 0.4) is 0 Å². The van der Waals surface area contributed by atoms with Crippen molar-refractivity contribution in [2.45, 2.75) is 52.5 Å². The van der Waals surface area contributed by atoms with Gasteiger partial charge in [0.25, 0.3) is 0 Å². The number of nitrogens with one attached hydrogen (secondary N) is 1. The van der Waals surface area contributed by atoms with Gasteiger partial charge in [-0.1, -0.05) is 25.1 Å². The molecule has 1 atom stereocenters. The Hall–Kier alpha value is -1.09. The SMILES string of the molecule is CC[C@@H]1CCCCN1C(=S)Nc1c(C)cccc1C. The molecule has 1 saturated heterocycles. The molecule has 0 aliphatic carbocycles. The highest BCUT2D eigenvalue weighted by Gasteiger charge is 2.23. The lowest BCUT2D eigenvalue weighted by Crippen LogP contribution is -2.45.